The van der Waals surface area contributed by atoms with Gasteiger partial charge in [-0.1, -0.05) is 24.3 Å². The molecule has 5 heteroatoms. The highest BCUT2D eigenvalue weighted by atomic mass is 35.5. The summed E-state index contributed by atoms with van der Waals surface area (Å²) in [6.45, 7) is 1.46. The molecule has 0 heterocycles. The Balaban J connectivity index is 3.25. The zero-order valence-corrected chi connectivity index (χ0v) is 9.19. The number of ketones is 2. The van der Waals surface area contributed by atoms with Crippen molar-refractivity contribution in [3.05, 3.63) is 35.4 Å². The van der Waals surface area contributed by atoms with Gasteiger partial charge in [0, 0.05) is 11.1 Å². The van der Waals surface area contributed by atoms with Gasteiger partial charge in [-0.3, -0.25) is 9.59 Å². The first-order valence-electron chi connectivity index (χ1n) is 4.50. The van der Waals surface area contributed by atoms with Crippen LogP contribution in [0.5, 0.6) is 0 Å². The number of hydrogen-bond donors (Lipinski definition) is 1. The Morgan fingerprint density at radius 1 is 1.19 bits per heavy atom. The lowest BCUT2D eigenvalue weighted by molar-refractivity contribution is -0.131. The molecule has 0 radical (unpaired) electrons. The van der Waals surface area contributed by atoms with Crippen LogP contribution in [0, 0.1) is 0 Å². The molecule has 0 saturated carbocycles. The fourth-order valence-electron chi connectivity index (χ4n) is 1.23. The van der Waals surface area contributed by atoms with Crippen LogP contribution >= 0.6 is 11.6 Å². The molecular weight excluding hydrogens is 232 g/mol. The molecule has 0 bridgehead atoms. The first-order valence-corrected chi connectivity index (χ1v) is 4.93. The Kier molecular flexibility index (Phi) is 3.79. The number of carboxylic acids is 1. The SMILES string of the molecule is CC(Cl)C(=O)c1ccccc1C(=O)C(=O)O. The largest absolute Gasteiger partial charge is 0.475 e. The van der Waals surface area contributed by atoms with E-state index in [4.69, 9.17) is 16.7 Å². The van der Waals surface area contributed by atoms with E-state index >= 15 is 0 Å². The summed E-state index contributed by atoms with van der Waals surface area (Å²) >= 11 is 5.61. The summed E-state index contributed by atoms with van der Waals surface area (Å²) in [4.78, 5) is 33.5. The number of hydrogen-bond acceptors (Lipinski definition) is 3. The minimum Gasteiger partial charge on any atom is -0.475 e. The van der Waals surface area contributed by atoms with Gasteiger partial charge in [0.25, 0.3) is 5.78 Å². The van der Waals surface area contributed by atoms with Crippen molar-refractivity contribution in [2.45, 2.75) is 12.3 Å². The molecule has 0 aromatic heterocycles. The van der Waals surface area contributed by atoms with E-state index in [0.29, 0.717) is 0 Å². The molecule has 0 saturated heterocycles. The molecule has 1 unspecified atom stereocenters. The molecule has 1 rings (SSSR count). The van der Waals surface area contributed by atoms with Gasteiger partial charge in [0.15, 0.2) is 5.78 Å². The molecule has 84 valence electrons. The highest BCUT2D eigenvalue weighted by molar-refractivity contribution is 6.42. The lowest BCUT2D eigenvalue weighted by Gasteiger charge is -2.06. The lowest BCUT2D eigenvalue weighted by atomic mass is 9.99. The van der Waals surface area contributed by atoms with Crippen LogP contribution in [0.15, 0.2) is 24.3 Å². The maximum Gasteiger partial charge on any atom is 0.377 e. The summed E-state index contributed by atoms with van der Waals surface area (Å²) in [6, 6.07) is 5.72. The number of halogens is 1. The highest BCUT2D eigenvalue weighted by Gasteiger charge is 2.23. The molecular formula is C11H9ClO4. The van der Waals surface area contributed by atoms with E-state index in [1.54, 1.807) is 6.07 Å². The number of aliphatic carboxylic acids is 1. The normalized spacial score (nSPS) is 11.9. The maximum absolute atomic E-state index is 11.6. The highest BCUT2D eigenvalue weighted by Crippen LogP contribution is 2.14. The first-order chi connectivity index (χ1) is 7.45. The first kappa shape index (κ1) is 12.4. The predicted molar refractivity (Wildman–Crippen MR) is 58.1 cm³/mol. The van der Waals surface area contributed by atoms with Gasteiger partial charge in [-0.05, 0) is 6.92 Å². The smallest absolute Gasteiger partial charge is 0.377 e. The summed E-state index contributed by atoms with van der Waals surface area (Å²) in [6.07, 6.45) is 0. The van der Waals surface area contributed by atoms with Crippen LogP contribution in [0.4, 0.5) is 0 Å². The summed E-state index contributed by atoms with van der Waals surface area (Å²) in [5, 5.41) is 7.78. The van der Waals surface area contributed by atoms with Gasteiger partial charge < -0.3 is 5.11 Å². The van der Waals surface area contributed by atoms with Crippen LogP contribution in [-0.4, -0.2) is 28.0 Å². The van der Waals surface area contributed by atoms with Crippen molar-refractivity contribution in [2.24, 2.45) is 0 Å². The van der Waals surface area contributed by atoms with E-state index in [1.165, 1.54) is 25.1 Å². The number of carbonyl (C=O) groups excluding carboxylic acids is 2. The van der Waals surface area contributed by atoms with Gasteiger partial charge in [-0.15, -0.1) is 11.6 Å². The van der Waals surface area contributed by atoms with Crippen molar-refractivity contribution in [1.29, 1.82) is 0 Å². The van der Waals surface area contributed by atoms with E-state index < -0.39 is 22.9 Å². The van der Waals surface area contributed by atoms with Crippen LogP contribution < -0.4 is 0 Å². The lowest BCUT2D eigenvalue weighted by Crippen LogP contribution is -2.20. The molecule has 16 heavy (non-hydrogen) atoms. The fraction of sp³-hybridized carbons (Fsp3) is 0.182. The molecule has 0 amide bonds. The minimum absolute atomic E-state index is 0.0393. The summed E-state index contributed by atoms with van der Waals surface area (Å²) in [5.41, 5.74) is -0.0927. The van der Waals surface area contributed by atoms with Crippen LogP contribution in [0.25, 0.3) is 0 Å². The topological polar surface area (TPSA) is 71.4 Å². The molecule has 0 aliphatic carbocycles. The van der Waals surface area contributed by atoms with Crippen LogP contribution in [0.1, 0.15) is 27.6 Å². The quantitative estimate of drug-likeness (QED) is 0.495. The van der Waals surface area contributed by atoms with E-state index in [0.717, 1.165) is 0 Å². The molecule has 4 nitrogen and oxygen atoms in total. The average Bonchev–Trinajstić information content (AvgIpc) is 2.26. The van der Waals surface area contributed by atoms with Gasteiger partial charge in [-0.2, -0.15) is 0 Å². The Bertz CT molecular complexity index is 451. The van der Waals surface area contributed by atoms with Crippen molar-refractivity contribution in [1.82, 2.24) is 0 Å². The van der Waals surface area contributed by atoms with Gasteiger partial charge in [0.2, 0.25) is 0 Å². The van der Waals surface area contributed by atoms with Crippen molar-refractivity contribution in [3.63, 3.8) is 0 Å². The number of carbonyl (C=O) groups is 3. The molecule has 0 aliphatic rings. The predicted octanol–water partition coefficient (Wildman–Crippen LogP) is 1.76. The van der Waals surface area contributed by atoms with Gasteiger partial charge in [0.1, 0.15) is 0 Å². The van der Waals surface area contributed by atoms with Gasteiger partial charge in [-0.25, -0.2) is 4.79 Å². The molecule has 1 aromatic rings. The Morgan fingerprint density at radius 2 is 1.69 bits per heavy atom. The van der Waals surface area contributed by atoms with Crippen molar-refractivity contribution in [3.8, 4) is 0 Å². The number of benzene rings is 1. The standard InChI is InChI=1S/C11H9ClO4/c1-6(12)9(13)7-4-2-3-5-8(7)10(14)11(15)16/h2-6H,1H3,(H,15,16). The second kappa shape index (κ2) is 4.90. The Morgan fingerprint density at radius 3 is 2.12 bits per heavy atom. The zero-order chi connectivity index (χ0) is 12.3. The molecule has 0 spiro atoms. The third-order valence-corrected chi connectivity index (χ3v) is 2.19. The summed E-state index contributed by atoms with van der Waals surface area (Å²) in [5.74, 6) is -3.17. The van der Waals surface area contributed by atoms with Gasteiger partial charge >= 0.3 is 5.97 Å². The van der Waals surface area contributed by atoms with E-state index in [1.807, 2.05) is 0 Å². The fourth-order valence-corrected chi connectivity index (χ4v) is 1.34. The molecule has 1 aromatic carbocycles. The molecule has 1 atom stereocenters. The number of Topliss-reactive ketones (excluding diaryl/α,β-unsaturated/α-hetero) is 2. The van der Waals surface area contributed by atoms with E-state index in [-0.39, 0.29) is 11.1 Å². The second-order valence-corrected chi connectivity index (χ2v) is 3.81. The van der Waals surface area contributed by atoms with E-state index in [2.05, 4.69) is 0 Å². The Hall–Kier alpha value is -1.68. The number of rotatable bonds is 4. The zero-order valence-electron chi connectivity index (χ0n) is 8.44. The minimum atomic E-state index is -1.59. The van der Waals surface area contributed by atoms with Crippen molar-refractivity contribution >= 4 is 29.1 Å². The number of carboxylic acid groups (broad SMARTS) is 1. The second-order valence-electron chi connectivity index (χ2n) is 3.16. The van der Waals surface area contributed by atoms with Gasteiger partial charge in [0.05, 0.1) is 5.38 Å². The van der Waals surface area contributed by atoms with Crippen LogP contribution in [0.2, 0.25) is 0 Å². The average molecular weight is 241 g/mol. The summed E-state index contributed by atoms with van der Waals surface area (Å²) in [7, 11) is 0. The van der Waals surface area contributed by atoms with Crippen molar-refractivity contribution < 1.29 is 19.5 Å². The maximum atomic E-state index is 11.6. The Labute approximate surface area is 96.8 Å². The third-order valence-electron chi connectivity index (χ3n) is 1.99. The third kappa shape index (κ3) is 2.46. The van der Waals surface area contributed by atoms with Crippen LogP contribution in [0.3, 0.4) is 0 Å². The van der Waals surface area contributed by atoms with Crippen molar-refractivity contribution in [2.75, 3.05) is 0 Å². The number of alkyl halides is 1. The molecule has 1 N–H and O–H groups in total. The molecule has 0 aliphatic heterocycles. The summed E-state index contributed by atoms with van der Waals surface area (Å²) < 4.78 is 0. The molecule has 0 fully saturated rings. The monoisotopic (exact) mass is 240 g/mol. The van der Waals surface area contributed by atoms with E-state index in [9.17, 15) is 14.4 Å². The van der Waals surface area contributed by atoms with Crippen LogP contribution in [-0.2, 0) is 4.79 Å².